The third kappa shape index (κ3) is 4.13. The van der Waals surface area contributed by atoms with Crippen molar-refractivity contribution in [2.24, 2.45) is 0 Å². The molecule has 2 aromatic carbocycles. The summed E-state index contributed by atoms with van der Waals surface area (Å²) in [6, 6.07) is 13.2. The number of carbonyl (C=O) groups is 2. The smallest absolute Gasteiger partial charge is 0.257 e. The Morgan fingerprint density at radius 2 is 1.52 bits per heavy atom. The molecule has 3 rings (SSSR count). The molecule has 1 aliphatic heterocycles. The number of benzene rings is 2. The monoisotopic (exact) mass is 366 g/mol. The van der Waals surface area contributed by atoms with E-state index in [0.29, 0.717) is 43.1 Å². The largest absolute Gasteiger partial charge is 0.496 e. The van der Waals surface area contributed by atoms with Crippen LogP contribution in [0.1, 0.15) is 38.3 Å². The van der Waals surface area contributed by atoms with Crippen LogP contribution in [-0.2, 0) is 0 Å². The van der Waals surface area contributed by atoms with E-state index in [9.17, 15) is 9.59 Å². The predicted molar refractivity (Wildman–Crippen MR) is 105 cm³/mol. The van der Waals surface area contributed by atoms with Gasteiger partial charge in [-0.05, 0) is 49.6 Å². The molecule has 1 heterocycles. The Labute approximate surface area is 160 Å². The molecule has 1 aliphatic rings. The molecule has 142 valence electrons. The van der Waals surface area contributed by atoms with Gasteiger partial charge in [-0.25, -0.2) is 0 Å². The zero-order valence-electron chi connectivity index (χ0n) is 16.2. The Morgan fingerprint density at radius 3 is 2.15 bits per heavy atom. The Bertz CT molecular complexity index is 833. The summed E-state index contributed by atoms with van der Waals surface area (Å²) >= 11 is 0. The molecule has 0 radical (unpaired) electrons. The summed E-state index contributed by atoms with van der Waals surface area (Å²) in [5, 5.41) is 0. The minimum absolute atomic E-state index is 0.0222. The summed E-state index contributed by atoms with van der Waals surface area (Å²) in [4.78, 5) is 29.5. The number of methoxy groups -OCH3 is 1. The first-order chi connectivity index (χ1) is 13.0. The highest BCUT2D eigenvalue weighted by atomic mass is 16.5. The van der Waals surface area contributed by atoms with Gasteiger partial charge in [0, 0.05) is 31.7 Å². The number of rotatable bonds is 3. The van der Waals surface area contributed by atoms with Gasteiger partial charge in [0.2, 0.25) is 0 Å². The Morgan fingerprint density at radius 1 is 0.889 bits per heavy atom. The normalized spacial score (nSPS) is 14.6. The van der Waals surface area contributed by atoms with Crippen LogP contribution in [0.4, 0.5) is 0 Å². The molecule has 0 saturated carbocycles. The lowest BCUT2D eigenvalue weighted by Gasteiger charge is -2.24. The van der Waals surface area contributed by atoms with Crippen molar-refractivity contribution in [2.45, 2.75) is 20.3 Å². The fourth-order valence-corrected chi connectivity index (χ4v) is 3.61. The van der Waals surface area contributed by atoms with Gasteiger partial charge in [-0.15, -0.1) is 0 Å². The molecule has 0 aromatic heterocycles. The highest BCUT2D eigenvalue weighted by Gasteiger charge is 2.26. The number of nitrogens with zero attached hydrogens (tertiary/aromatic N) is 2. The average molecular weight is 366 g/mol. The van der Waals surface area contributed by atoms with Gasteiger partial charge in [-0.1, -0.05) is 24.3 Å². The Kier molecular flexibility index (Phi) is 5.79. The quantitative estimate of drug-likeness (QED) is 0.837. The number of ether oxygens (including phenoxy) is 1. The fraction of sp³-hybridized carbons (Fsp3) is 0.364. The summed E-state index contributed by atoms with van der Waals surface area (Å²) < 4.78 is 5.46. The number of hydrogen-bond acceptors (Lipinski definition) is 3. The first-order valence-electron chi connectivity index (χ1n) is 9.30. The molecule has 0 atom stereocenters. The van der Waals surface area contributed by atoms with E-state index in [0.717, 1.165) is 17.5 Å². The third-order valence-electron chi connectivity index (χ3n) is 4.97. The SMILES string of the molecule is COc1cc(C)cc(C)c1C(=O)N1CCCN(C(=O)c2ccccc2)CC1. The molecule has 1 fully saturated rings. The lowest BCUT2D eigenvalue weighted by atomic mass is 10.0. The lowest BCUT2D eigenvalue weighted by molar-refractivity contribution is 0.0716. The van der Waals surface area contributed by atoms with Gasteiger partial charge in [0.15, 0.2) is 0 Å². The van der Waals surface area contributed by atoms with E-state index in [1.807, 2.05) is 66.1 Å². The molecular formula is C22H26N2O3. The average Bonchev–Trinajstić information content (AvgIpc) is 2.93. The van der Waals surface area contributed by atoms with Crippen molar-refractivity contribution in [3.05, 3.63) is 64.7 Å². The van der Waals surface area contributed by atoms with Gasteiger partial charge in [0.05, 0.1) is 12.7 Å². The van der Waals surface area contributed by atoms with Crippen molar-refractivity contribution in [3.63, 3.8) is 0 Å². The van der Waals surface area contributed by atoms with E-state index in [1.54, 1.807) is 7.11 Å². The van der Waals surface area contributed by atoms with E-state index < -0.39 is 0 Å². The van der Waals surface area contributed by atoms with Crippen LogP contribution in [0, 0.1) is 13.8 Å². The van der Waals surface area contributed by atoms with Crippen LogP contribution < -0.4 is 4.74 Å². The molecule has 0 unspecified atom stereocenters. The topological polar surface area (TPSA) is 49.9 Å². The third-order valence-corrected chi connectivity index (χ3v) is 4.97. The molecule has 0 aliphatic carbocycles. The minimum atomic E-state index is -0.0293. The molecule has 5 nitrogen and oxygen atoms in total. The van der Waals surface area contributed by atoms with E-state index >= 15 is 0 Å². The standard InChI is InChI=1S/C22H26N2O3/c1-16-14-17(2)20(19(15-16)27-3)22(26)24-11-7-10-23(12-13-24)21(25)18-8-5-4-6-9-18/h4-6,8-9,14-15H,7,10-13H2,1-3H3. The zero-order valence-corrected chi connectivity index (χ0v) is 16.2. The van der Waals surface area contributed by atoms with Crippen LogP contribution in [0.15, 0.2) is 42.5 Å². The lowest BCUT2D eigenvalue weighted by Crippen LogP contribution is -2.37. The summed E-state index contributed by atoms with van der Waals surface area (Å²) in [6.45, 7) is 6.27. The van der Waals surface area contributed by atoms with Gasteiger partial charge in [-0.3, -0.25) is 9.59 Å². The highest BCUT2D eigenvalue weighted by Crippen LogP contribution is 2.26. The van der Waals surface area contributed by atoms with Crippen molar-refractivity contribution in [1.82, 2.24) is 9.80 Å². The second-order valence-electron chi connectivity index (χ2n) is 6.96. The predicted octanol–water partition coefficient (Wildman–Crippen LogP) is 3.30. The molecular weight excluding hydrogens is 340 g/mol. The van der Waals surface area contributed by atoms with Crippen LogP contribution in [0.2, 0.25) is 0 Å². The van der Waals surface area contributed by atoms with E-state index in [-0.39, 0.29) is 11.8 Å². The highest BCUT2D eigenvalue weighted by molar-refractivity contribution is 5.99. The number of carbonyl (C=O) groups excluding carboxylic acids is 2. The number of amides is 2. The van der Waals surface area contributed by atoms with Crippen molar-refractivity contribution in [3.8, 4) is 5.75 Å². The van der Waals surface area contributed by atoms with Gasteiger partial charge >= 0.3 is 0 Å². The number of aryl methyl sites for hydroxylation is 2. The molecule has 1 saturated heterocycles. The van der Waals surface area contributed by atoms with E-state index in [1.165, 1.54) is 0 Å². The maximum atomic E-state index is 13.2. The maximum absolute atomic E-state index is 13.2. The van der Waals surface area contributed by atoms with E-state index in [4.69, 9.17) is 4.74 Å². The van der Waals surface area contributed by atoms with Gasteiger partial charge in [0.1, 0.15) is 5.75 Å². The van der Waals surface area contributed by atoms with Gasteiger partial charge in [-0.2, -0.15) is 0 Å². The molecule has 0 spiro atoms. The van der Waals surface area contributed by atoms with E-state index in [2.05, 4.69) is 0 Å². The van der Waals surface area contributed by atoms with Crippen molar-refractivity contribution >= 4 is 11.8 Å². The Hall–Kier alpha value is -2.82. The molecule has 2 amide bonds. The van der Waals surface area contributed by atoms with Crippen LogP contribution in [0.5, 0.6) is 5.75 Å². The summed E-state index contributed by atoms with van der Waals surface area (Å²) in [7, 11) is 1.59. The zero-order chi connectivity index (χ0) is 19.4. The maximum Gasteiger partial charge on any atom is 0.257 e. The van der Waals surface area contributed by atoms with Crippen LogP contribution in [0.25, 0.3) is 0 Å². The second-order valence-corrected chi connectivity index (χ2v) is 6.96. The first-order valence-corrected chi connectivity index (χ1v) is 9.30. The van der Waals surface area contributed by atoms with Crippen LogP contribution in [-0.4, -0.2) is 54.9 Å². The summed E-state index contributed by atoms with van der Waals surface area (Å²) in [5.74, 6) is 0.603. The second kappa shape index (κ2) is 8.25. The van der Waals surface area contributed by atoms with Crippen molar-refractivity contribution in [2.75, 3.05) is 33.3 Å². The molecule has 27 heavy (non-hydrogen) atoms. The Balaban J connectivity index is 1.75. The van der Waals surface area contributed by atoms with Crippen molar-refractivity contribution < 1.29 is 14.3 Å². The summed E-state index contributed by atoms with van der Waals surface area (Å²) in [5.41, 5.74) is 3.29. The van der Waals surface area contributed by atoms with Gasteiger partial charge < -0.3 is 14.5 Å². The first kappa shape index (κ1) is 19.0. The molecule has 0 bridgehead atoms. The minimum Gasteiger partial charge on any atom is -0.496 e. The molecule has 0 N–H and O–H groups in total. The van der Waals surface area contributed by atoms with Crippen molar-refractivity contribution in [1.29, 1.82) is 0 Å². The van der Waals surface area contributed by atoms with Crippen LogP contribution >= 0.6 is 0 Å². The van der Waals surface area contributed by atoms with Crippen LogP contribution in [0.3, 0.4) is 0 Å². The number of hydrogen-bond donors (Lipinski definition) is 0. The molecule has 5 heteroatoms. The van der Waals surface area contributed by atoms with Gasteiger partial charge in [0.25, 0.3) is 11.8 Å². The molecule has 2 aromatic rings. The fourth-order valence-electron chi connectivity index (χ4n) is 3.61. The summed E-state index contributed by atoms with van der Waals surface area (Å²) in [6.07, 6.45) is 0.761.